The average Bonchev–Trinajstić information content (AvgIpc) is 2.87. The van der Waals surface area contributed by atoms with Gasteiger partial charge in [-0.15, -0.1) is 0 Å². The summed E-state index contributed by atoms with van der Waals surface area (Å²) in [7, 11) is 0. The van der Waals surface area contributed by atoms with Gasteiger partial charge >= 0.3 is 5.97 Å². The lowest BCUT2D eigenvalue weighted by Crippen LogP contribution is -2.29. The fraction of sp³-hybridized carbons (Fsp3) is 0.100. The van der Waals surface area contributed by atoms with Gasteiger partial charge in [0.05, 0.1) is 18.2 Å². The first kappa shape index (κ1) is 10.9. The SMILES string of the molecule is NC(=O)C(c1cnc[nH]1)n1cccc1C(=O)O. The number of aromatic amines is 1. The van der Waals surface area contributed by atoms with Crippen LogP contribution in [0.4, 0.5) is 0 Å². The topological polar surface area (TPSA) is 114 Å². The van der Waals surface area contributed by atoms with Crippen molar-refractivity contribution in [2.75, 3.05) is 0 Å². The molecule has 1 atom stereocenters. The van der Waals surface area contributed by atoms with E-state index in [1.54, 1.807) is 0 Å². The van der Waals surface area contributed by atoms with Crippen LogP contribution in [0.2, 0.25) is 0 Å². The minimum Gasteiger partial charge on any atom is -0.477 e. The Balaban J connectivity index is 2.51. The number of primary amides is 1. The Morgan fingerprint density at radius 1 is 1.53 bits per heavy atom. The van der Waals surface area contributed by atoms with Gasteiger partial charge in [-0.1, -0.05) is 0 Å². The number of carbonyl (C=O) groups excluding carboxylic acids is 1. The lowest BCUT2D eigenvalue weighted by molar-refractivity contribution is -0.120. The normalized spacial score (nSPS) is 12.2. The first-order valence-corrected chi connectivity index (χ1v) is 4.79. The van der Waals surface area contributed by atoms with E-state index >= 15 is 0 Å². The van der Waals surface area contributed by atoms with Gasteiger partial charge in [0.25, 0.3) is 0 Å². The number of rotatable bonds is 4. The predicted octanol–water partition coefficient (Wildman–Crippen LogP) is -0.0159. The van der Waals surface area contributed by atoms with E-state index in [1.807, 2.05) is 0 Å². The third-order valence-corrected chi connectivity index (χ3v) is 2.36. The summed E-state index contributed by atoms with van der Waals surface area (Å²) >= 11 is 0. The zero-order valence-electron chi connectivity index (χ0n) is 8.70. The van der Waals surface area contributed by atoms with Gasteiger partial charge in [0.1, 0.15) is 5.69 Å². The van der Waals surface area contributed by atoms with Crippen molar-refractivity contribution in [1.82, 2.24) is 14.5 Å². The van der Waals surface area contributed by atoms with Crippen LogP contribution in [0.5, 0.6) is 0 Å². The molecule has 0 radical (unpaired) electrons. The third kappa shape index (κ3) is 1.89. The molecule has 88 valence electrons. The molecule has 1 amide bonds. The summed E-state index contributed by atoms with van der Waals surface area (Å²) in [5.41, 5.74) is 5.72. The van der Waals surface area contributed by atoms with E-state index in [-0.39, 0.29) is 5.69 Å². The Morgan fingerprint density at radius 2 is 2.29 bits per heavy atom. The van der Waals surface area contributed by atoms with Crippen LogP contribution in [0.25, 0.3) is 0 Å². The first-order chi connectivity index (χ1) is 8.11. The molecule has 4 N–H and O–H groups in total. The summed E-state index contributed by atoms with van der Waals surface area (Å²) in [4.78, 5) is 28.9. The van der Waals surface area contributed by atoms with Crippen molar-refractivity contribution in [3.05, 3.63) is 42.2 Å². The molecule has 2 rings (SSSR count). The number of aromatic nitrogens is 3. The van der Waals surface area contributed by atoms with Gasteiger partial charge in [0.15, 0.2) is 6.04 Å². The van der Waals surface area contributed by atoms with Crippen molar-refractivity contribution in [2.24, 2.45) is 5.73 Å². The molecule has 0 saturated heterocycles. The standard InChI is InChI=1S/C10H10N4O3/c11-9(15)8(6-4-12-5-13-6)14-3-1-2-7(14)10(16)17/h1-5,8H,(H2,11,15)(H,12,13)(H,16,17). The molecule has 2 aromatic rings. The van der Waals surface area contributed by atoms with Crippen molar-refractivity contribution >= 4 is 11.9 Å². The average molecular weight is 234 g/mol. The highest BCUT2D eigenvalue weighted by Gasteiger charge is 2.24. The second-order valence-corrected chi connectivity index (χ2v) is 3.42. The number of carbonyl (C=O) groups is 2. The molecule has 0 saturated carbocycles. The van der Waals surface area contributed by atoms with Gasteiger partial charge in [0.2, 0.25) is 5.91 Å². The molecule has 0 aliphatic heterocycles. The van der Waals surface area contributed by atoms with E-state index in [9.17, 15) is 9.59 Å². The van der Waals surface area contributed by atoms with Crippen LogP contribution in [0.1, 0.15) is 22.2 Å². The number of imidazole rings is 1. The molecule has 0 spiro atoms. The number of aromatic carboxylic acids is 1. The molecule has 0 aliphatic rings. The summed E-state index contributed by atoms with van der Waals surface area (Å²) < 4.78 is 1.29. The smallest absolute Gasteiger partial charge is 0.352 e. The van der Waals surface area contributed by atoms with Crippen molar-refractivity contribution in [2.45, 2.75) is 6.04 Å². The molecule has 1 unspecified atom stereocenters. The molecule has 2 heterocycles. The summed E-state index contributed by atoms with van der Waals surface area (Å²) in [6, 6.07) is 2.03. The van der Waals surface area contributed by atoms with Crippen molar-refractivity contribution < 1.29 is 14.7 Å². The quantitative estimate of drug-likeness (QED) is 0.689. The Labute approximate surface area is 95.9 Å². The number of nitrogens with zero attached hydrogens (tertiary/aromatic N) is 2. The summed E-state index contributed by atoms with van der Waals surface area (Å²) in [6.45, 7) is 0. The minimum atomic E-state index is -1.12. The van der Waals surface area contributed by atoms with Gasteiger partial charge in [0, 0.05) is 6.20 Å². The molecular formula is C10H10N4O3. The Hall–Kier alpha value is -2.57. The first-order valence-electron chi connectivity index (χ1n) is 4.79. The van der Waals surface area contributed by atoms with E-state index in [4.69, 9.17) is 10.8 Å². The zero-order valence-corrected chi connectivity index (χ0v) is 8.70. The zero-order chi connectivity index (χ0) is 12.4. The number of hydrogen-bond donors (Lipinski definition) is 3. The molecule has 2 aromatic heterocycles. The summed E-state index contributed by atoms with van der Waals surface area (Å²) in [5.74, 6) is -1.78. The maximum atomic E-state index is 11.4. The highest BCUT2D eigenvalue weighted by Crippen LogP contribution is 2.18. The molecule has 0 bridgehead atoms. The van der Waals surface area contributed by atoms with Gasteiger partial charge in [-0.2, -0.15) is 0 Å². The molecule has 7 nitrogen and oxygen atoms in total. The van der Waals surface area contributed by atoms with Crippen LogP contribution in [0.3, 0.4) is 0 Å². The largest absolute Gasteiger partial charge is 0.477 e. The molecule has 0 fully saturated rings. The van der Waals surface area contributed by atoms with Crippen molar-refractivity contribution in [3.8, 4) is 0 Å². The molecule has 17 heavy (non-hydrogen) atoms. The van der Waals surface area contributed by atoms with Crippen molar-refractivity contribution in [1.29, 1.82) is 0 Å². The van der Waals surface area contributed by atoms with Gasteiger partial charge < -0.3 is 20.4 Å². The lowest BCUT2D eigenvalue weighted by atomic mass is 10.2. The number of H-pyrrole nitrogens is 1. The fourth-order valence-electron chi connectivity index (χ4n) is 1.66. The van der Waals surface area contributed by atoms with E-state index in [0.717, 1.165) is 0 Å². The number of hydrogen-bond acceptors (Lipinski definition) is 3. The summed E-state index contributed by atoms with van der Waals surface area (Å²) in [5, 5.41) is 8.98. The Kier molecular flexibility index (Phi) is 2.65. The van der Waals surface area contributed by atoms with Gasteiger partial charge in [-0.3, -0.25) is 4.79 Å². The van der Waals surface area contributed by atoms with Crippen LogP contribution in [0.15, 0.2) is 30.9 Å². The van der Waals surface area contributed by atoms with Crippen LogP contribution < -0.4 is 5.73 Å². The van der Waals surface area contributed by atoms with E-state index in [2.05, 4.69) is 9.97 Å². The van der Waals surface area contributed by atoms with Crippen LogP contribution in [-0.2, 0) is 4.79 Å². The van der Waals surface area contributed by atoms with Gasteiger partial charge in [-0.25, -0.2) is 9.78 Å². The number of nitrogens with one attached hydrogen (secondary N) is 1. The second-order valence-electron chi connectivity index (χ2n) is 3.42. The Bertz CT molecular complexity index is 544. The molecule has 0 aromatic carbocycles. The van der Waals surface area contributed by atoms with Crippen molar-refractivity contribution in [3.63, 3.8) is 0 Å². The van der Waals surface area contributed by atoms with Gasteiger partial charge in [-0.05, 0) is 12.1 Å². The third-order valence-electron chi connectivity index (χ3n) is 2.36. The van der Waals surface area contributed by atoms with E-state index in [0.29, 0.717) is 5.69 Å². The van der Waals surface area contributed by atoms with E-state index in [1.165, 1.54) is 35.4 Å². The summed E-state index contributed by atoms with van der Waals surface area (Å²) in [6.07, 6.45) is 4.32. The minimum absolute atomic E-state index is 0.0107. The lowest BCUT2D eigenvalue weighted by Gasteiger charge is -2.15. The number of carboxylic acids is 1. The molecular weight excluding hydrogens is 224 g/mol. The monoisotopic (exact) mass is 234 g/mol. The predicted molar refractivity (Wildman–Crippen MR) is 57.3 cm³/mol. The number of nitrogens with two attached hydrogens (primary N) is 1. The second kappa shape index (κ2) is 4.12. The fourth-order valence-corrected chi connectivity index (χ4v) is 1.66. The maximum absolute atomic E-state index is 11.4. The molecule has 7 heteroatoms. The number of carboxylic acid groups (broad SMARTS) is 1. The highest BCUT2D eigenvalue weighted by molar-refractivity contribution is 5.88. The van der Waals surface area contributed by atoms with E-state index < -0.39 is 17.9 Å². The maximum Gasteiger partial charge on any atom is 0.352 e. The van der Waals surface area contributed by atoms with Crippen LogP contribution in [-0.4, -0.2) is 31.5 Å². The van der Waals surface area contributed by atoms with Crippen LogP contribution >= 0.6 is 0 Å². The number of amides is 1. The Morgan fingerprint density at radius 3 is 2.82 bits per heavy atom. The van der Waals surface area contributed by atoms with Crippen LogP contribution in [0, 0.1) is 0 Å². The molecule has 0 aliphatic carbocycles. The highest BCUT2D eigenvalue weighted by atomic mass is 16.4.